The molecule has 0 spiro atoms. The molecule has 1 fully saturated rings. The van der Waals surface area contributed by atoms with Crippen molar-refractivity contribution in [1.82, 2.24) is 24.8 Å². The first-order valence-corrected chi connectivity index (χ1v) is 14.5. The van der Waals surface area contributed by atoms with Crippen LogP contribution in [0.3, 0.4) is 0 Å². The van der Waals surface area contributed by atoms with Crippen molar-refractivity contribution in [2.45, 2.75) is 63.3 Å². The van der Waals surface area contributed by atoms with Gasteiger partial charge in [-0.3, -0.25) is 9.88 Å². The van der Waals surface area contributed by atoms with Crippen LogP contribution >= 0.6 is 0 Å². The normalized spacial score (nSPS) is 15.2. The molecule has 3 aromatic rings. The van der Waals surface area contributed by atoms with Crippen LogP contribution in [-0.2, 0) is 17.6 Å². The number of nitrogens with one attached hydrogen (secondary N) is 2. The van der Waals surface area contributed by atoms with E-state index in [0.717, 1.165) is 81.3 Å². The molecular weight excluding hydrogens is 525 g/mol. The van der Waals surface area contributed by atoms with Gasteiger partial charge >= 0.3 is 5.97 Å². The lowest BCUT2D eigenvalue weighted by atomic mass is 10.1. The Morgan fingerprint density at radius 1 is 1.15 bits per heavy atom. The number of fused-ring (bicyclic) bond motifs is 1. The second-order valence-corrected chi connectivity index (χ2v) is 10.8. The van der Waals surface area contributed by atoms with Gasteiger partial charge in [0, 0.05) is 43.8 Å². The molecule has 0 radical (unpaired) electrons. The lowest BCUT2D eigenvalue weighted by Crippen LogP contribution is -2.37. The fourth-order valence-corrected chi connectivity index (χ4v) is 5.01. The molecule has 3 N–H and O–H groups in total. The predicted octanol–water partition coefficient (Wildman–Crippen LogP) is 4.30. The van der Waals surface area contributed by atoms with Gasteiger partial charge < -0.3 is 20.5 Å². The Balaban J connectivity index is 1.13. The highest BCUT2D eigenvalue weighted by atomic mass is 19.1. The molecule has 1 atom stereocenters. The quantitative estimate of drug-likeness (QED) is 0.217. The lowest BCUT2D eigenvalue weighted by molar-refractivity contribution is -0.138. The highest BCUT2D eigenvalue weighted by Crippen LogP contribution is 2.39. The van der Waals surface area contributed by atoms with E-state index in [9.17, 15) is 14.3 Å². The maximum absolute atomic E-state index is 13.5. The predicted molar refractivity (Wildman–Crippen MR) is 154 cm³/mol. The number of aryl methyl sites for hydroxylation is 2. The molecule has 0 aromatic carbocycles. The summed E-state index contributed by atoms with van der Waals surface area (Å²) in [6.45, 7) is 3.18. The molecule has 1 saturated carbocycles. The monoisotopic (exact) mass is 563 g/mol. The highest BCUT2D eigenvalue weighted by molar-refractivity contribution is 5.76. The van der Waals surface area contributed by atoms with E-state index in [1.54, 1.807) is 12.4 Å². The van der Waals surface area contributed by atoms with Gasteiger partial charge in [0.2, 0.25) is 5.95 Å². The summed E-state index contributed by atoms with van der Waals surface area (Å²) in [5.74, 6) is 0.842. The number of aromatic nitrogens is 4. The average molecular weight is 564 g/mol. The topological polar surface area (TPSA) is 125 Å². The SMILES string of the molecule is O=C(O)[C@H](CCN(CCCCc1ccc2c(n1)NCCC2)CCOc1cncc(F)c1)Nc1ncc(C2CC2)cn1. The van der Waals surface area contributed by atoms with Crippen LogP contribution in [0, 0.1) is 5.82 Å². The van der Waals surface area contributed by atoms with E-state index in [1.165, 1.54) is 17.8 Å². The number of hydrogen-bond acceptors (Lipinski definition) is 9. The smallest absolute Gasteiger partial charge is 0.326 e. The molecule has 1 aliphatic carbocycles. The minimum atomic E-state index is -0.950. The van der Waals surface area contributed by atoms with Crippen molar-refractivity contribution in [3.05, 3.63) is 65.6 Å². The van der Waals surface area contributed by atoms with E-state index in [4.69, 9.17) is 9.72 Å². The van der Waals surface area contributed by atoms with Crippen LogP contribution in [0.25, 0.3) is 0 Å². The van der Waals surface area contributed by atoms with E-state index >= 15 is 0 Å². The van der Waals surface area contributed by atoms with Gasteiger partial charge in [0.15, 0.2) is 0 Å². The molecule has 0 bridgehead atoms. The van der Waals surface area contributed by atoms with E-state index in [0.29, 0.717) is 43.7 Å². The van der Waals surface area contributed by atoms with Crippen LogP contribution in [0.2, 0.25) is 0 Å². The third kappa shape index (κ3) is 8.81. The van der Waals surface area contributed by atoms with Crippen molar-refractivity contribution in [2.24, 2.45) is 0 Å². The molecule has 41 heavy (non-hydrogen) atoms. The van der Waals surface area contributed by atoms with E-state index in [2.05, 4.69) is 42.6 Å². The molecule has 4 heterocycles. The zero-order chi connectivity index (χ0) is 28.4. The second kappa shape index (κ2) is 14.2. The number of rotatable bonds is 16. The Labute approximate surface area is 239 Å². The number of carboxylic acid groups (broad SMARTS) is 1. The first-order chi connectivity index (χ1) is 20.0. The van der Waals surface area contributed by atoms with Gasteiger partial charge in [-0.15, -0.1) is 0 Å². The molecule has 11 heteroatoms. The number of carbonyl (C=O) groups is 1. The Hall–Kier alpha value is -3.86. The number of ether oxygens (including phenoxy) is 1. The van der Waals surface area contributed by atoms with Crippen molar-refractivity contribution in [3.8, 4) is 5.75 Å². The number of anilines is 2. The van der Waals surface area contributed by atoms with Gasteiger partial charge in [-0.2, -0.15) is 0 Å². The van der Waals surface area contributed by atoms with Crippen molar-refractivity contribution < 1.29 is 19.0 Å². The summed E-state index contributed by atoms with van der Waals surface area (Å²) in [6, 6.07) is 4.77. The number of unbranched alkanes of at least 4 members (excludes halogenated alkanes) is 1. The first-order valence-electron chi connectivity index (χ1n) is 14.5. The van der Waals surface area contributed by atoms with Crippen molar-refractivity contribution in [3.63, 3.8) is 0 Å². The molecule has 0 amide bonds. The molecule has 3 aromatic heterocycles. The molecule has 2 aliphatic rings. The minimum absolute atomic E-state index is 0.322. The van der Waals surface area contributed by atoms with Gasteiger partial charge in [0.1, 0.15) is 30.0 Å². The van der Waals surface area contributed by atoms with Gasteiger partial charge in [-0.25, -0.2) is 24.1 Å². The highest BCUT2D eigenvalue weighted by Gasteiger charge is 2.25. The Morgan fingerprint density at radius 3 is 2.78 bits per heavy atom. The van der Waals surface area contributed by atoms with Crippen molar-refractivity contribution >= 4 is 17.7 Å². The van der Waals surface area contributed by atoms with E-state index < -0.39 is 17.8 Å². The lowest BCUT2D eigenvalue weighted by Gasteiger charge is -2.24. The average Bonchev–Trinajstić information content (AvgIpc) is 3.83. The largest absolute Gasteiger partial charge is 0.491 e. The van der Waals surface area contributed by atoms with Crippen LogP contribution in [-0.4, -0.2) is 74.7 Å². The molecule has 5 rings (SSSR count). The fourth-order valence-electron chi connectivity index (χ4n) is 5.01. The third-order valence-corrected chi connectivity index (χ3v) is 7.52. The maximum Gasteiger partial charge on any atom is 0.326 e. The molecule has 218 valence electrons. The number of aliphatic carboxylic acids is 1. The Bertz CT molecular complexity index is 1290. The van der Waals surface area contributed by atoms with Crippen LogP contribution in [0.1, 0.15) is 61.3 Å². The van der Waals surface area contributed by atoms with Gasteiger partial charge in [-0.1, -0.05) is 6.07 Å². The summed E-state index contributed by atoms with van der Waals surface area (Å²) in [4.78, 5) is 31.5. The maximum atomic E-state index is 13.5. The molecule has 0 saturated heterocycles. The third-order valence-electron chi connectivity index (χ3n) is 7.52. The summed E-state index contributed by atoms with van der Waals surface area (Å²) in [7, 11) is 0. The second-order valence-electron chi connectivity index (χ2n) is 10.8. The van der Waals surface area contributed by atoms with Gasteiger partial charge in [-0.05, 0) is 81.0 Å². The standard InChI is InChI=1S/C30H38FN7O3/c31-24-16-26(20-32-19-24)41-15-14-38(12-2-1-5-25-9-8-22-4-3-11-33-28(22)36-25)13-10-27(29(39)40)37-30-34-17-23(18-35-30)21-6-7-21/h8-9,16-21,27H,1-7,10-15H2,(H,33,36)(H,39,40)(H,34,35,37)/t27-/m0/s1. The van der Waals surface area contributed by atoms with E-state index in [1.807, 2.05) is 0 Å². The van der Waals surface area contributed by atoms with Crippen LogP contribution in [0.5, 0.6) is 5.75 Å². The van der Waals surface area contributed by atoms with Crippen molar-refractivity contribution in [1.29, 1.82) is 0 Å². The number of pyridine rings is 2. The van der Waals surface area contributed by atoms with Gasteiger partial charge in [0.25, 0.3) is 0 Å². The summed E-state index contributed by atoms with van der Waals surface area (Å²) < 4.78 is 19.2. The molecule has 0 unspecified atom stereocenters. The number of nitrogens with zero attached hydrogens (tertiary/aromatic N) is 5. The summed E-state index contributed by atoms with van der Waals surface area (Å²) >= 11 is 0. The molecular formula is C30H38FN7O3. The fraction of sp³-hybridized carbons (Fsp3) is 0.500. The first kappa shape index (κ1) is 28.7. The Kier molecular flexibility index (Phi) is 9.90. The zero-order valence-electron chi connectivity index (χ0n) is 23.3. The van der Waals surface area contributed by atoms with Crippen LogP contribution < -0.4 is 15.4 Å². The summed E-state index contributed by atoms with van der Waals surface area (Å²) in [5, 5.41) is 16.2. The summed E-state index contributed by atoms with van der Waals surface area (Å²) in [5.41, 5.74) is 3.46. The summed E-state index contributed by atoms with van der Waals surface area (Å²) in [6.07, 6.45) is 13.8. The molecule has 1 aliphatic heterocycles. The van der Waals surface area contributed by atoms with E-state index in [-0.39, 0.29) is 0 Å². The van der Waals surface area contributed by atoms with Crippen LogP contribution in [0.15, 0.2) is 43.0 Å². The number of carboxylic acids is 1. The van der Waals surface area contributed by atoms with Crippen LogP contribution in [0.4, 0.5) is 16.2 Å². The number of hydrogen-bond donors (Lipinski definition) is 3. The molecule has 10 nitrogen and oxygen atoms in total. The zero-order valence-corrected chi connectivity index (χ0v) is 23.3. The van der Waals surface area contributed by atoms with Crippen molar-refractivity contribution in [2.75, 3.05) is 43.4 Å². The minimum Gasteiger partial charge on any atom is -0.491 e. The van der Waals surface area contributed by atoms with Gasteiger partial charge in [0.05, 0.1) is 12.4 Å². The Morgan fingerprint density at radius 2 is 2.00 bits per heavy atom. The number of halogens is 1.